The molecule has 1 atom stereocenters. The van der Waals surface area contributed by atoms with Crippen molar-refractivity contribution >= 4 is 5.91 Å². The predicted molar refractivity (Wildman–Crippen MR) is 73.9 cm³/mol. The maximum atomic E-state index is 13.8. The summed E-state index contributed by atoms with van der Waals surface area (Å²) < 4.78 is 27.2. The first-order valence-corrected chi connectivity index (χ1v) is 6.59. The molecule has 106 valence electrons. The molecule has 0 unspecified atom stereocenters. The zero-order valence-corrected chi connectivity index (χ0v) is 11.5. The molecule has 4 heteroatoms. The van der Waals surface area contributed by atoms with Crippen molar-refractivity contribution in [1.82, 2.24) is 5.32 Å². The highest BCUT2D eigenvalue weighted by Crippen LogP contribution is 2.28. The van der Waals surface area contributed by atoms with E-state index in [1.807, 2.05) is 6.92 Å². The molecule has 2 rings (SSSR count). The number of carbonyl (C=O) groups excluding carboxylic acids is 1. The molecule has 1 amide bonds. The van der Waals surface area contributed by atoms with Gasteiger partial charge in [0.1, 0.15) is 11.6 Å². The number of rotatable bonds is 3. The van der Waals surface area contributed by atoms with Gasteiger partial charge in [0.15, 0.2) is 0 Å². The molecule has 0 aliphatic heterocycles. The Labute approximate surface area is 117 Å². The van der Waals surface area contributed by atoms with Gasteiger partial charge < -0.3 is 5.32 Å². The Morgan fingerprint density at radius 1 is 1.35 bits per heavy atom. The fourth-order valence-corrected chi connectivity index (χ4v) is 2.15. The van der Waals surface area contributed by atoms with E-state index in [1.165, 1.54) is 12.1 Å². The van der Waals surface area contributed by atoms with Crippen LogP contribution < -0.4 is 5.32 Å². The summed E-state index contributed by atoms with van der Waals surface area (Å²) in [5.74, 6) is -1.07. The predicted octanol–water partition coefficient (Wildman–Crippen LogP) is 3.65. The molecule has 1 aliphatic carbocycles. The van der Waals surface area contributed by atoms with E-state index in [4.69, 9.17) is 0 Å². The van der Waals surface area contributed by atoms with E-state index in [9.17, 15) is 13.6 Å². The largest absolute Gasteiger partial charge is 0.323 e. The van der Waals surface area contributed by atoms with Gasteiger partial charge in [-0.2, -0.15) is 0 Å². The van der Waals surface area contributed by atoms with Crippen LogP contribution in [0.1, 0.15) is 25.8 Å². The first-order valence-electron chi connectivity index (χ1n) is 6.59. The topological polar surface area (TPSA) is 29.1 Å². The van der Waals surface area contributed by atoms with Crippen molar-refractivity contribution in [3.8, 4) is 0 Å². The summed E-state index contributed by atoms with van der Waals surface area (Å²) in [6.07, 6.45) is 1.99. The molecule has 0 bridgehead atoms. The Morgan fingerprint density at radius 2 is 2.05 bits per heavy atom. The second kappa shape index (κ2) is 5.99. The lowest BCUT2D eigenvalue weighted by Gasteiger charge is -2.21. The Bertz CT molecular complexity index is 590. The van der Waals surface area contributed by atoms with Crippen molar-refractivity contribution in [3.05, 3.63) is 58.8 Å². The number of nitrogens with one attached hydrogen (secondary N) is 1. The number of carbonyl (C=O) groups is 1. The fraction of sp³-hybridized carbons (Fsp3) is 0.312. The monoisotopic (exact) mass is 277 g/mol. The van der Waals surface area contributed by atoms with Gasteiger partial charge >= 0.3 is 0 Å². The van der Waals surface area contributed by atoms with E-state index in [0.29, 0.717) is 12.0 Å². The SMILES string of the molecule is CC1=C(NC(=O)Cc2ccccc2F)C(F)=CC[C@H]1C. The zero-order valence-electron chi connectivity index (χ0n) is 11.5. The van der Waals surface area contributed by atoms with Gasteiger partial charge in [-0.25, -0.2) is 8.78 Å². The second-order valence-electron chi connectivity index (χ2n) is 5.06. The van der Waals surface area contributed by atoms with Crippen molar-refractivity contribution in [1.29, 1.82) is 0 Å². The van der Waals surface area contributed by atoms with Crippen molar-refractivity contribution in [3.63, 3.8) is 0 Å². The summed E-state index contributed by atoms with van der Waals surface area (Å²) in [5, 5.41) is 2.56. The summed E-state index contributed by atoms with van der Waals surface area (Å²) in [4.78, 5) is 11.9. The van der Waals surface area contributed by atoms with E-state index < -0.39 is 17.6 Å². The van der Waals surface area contributed by atoms with Gasteiger partial charge in [0, 0.05) is 0 Å². The molecule has 1 aromatic carbocycles. The second-order valence-corrected chi connectivity index (χ2v) is 5.06. The van der Waals surface area contributed by atoms with E-state index >= 15 is 0 Å². The minimum absolute atomic E-state index is 0.106. The molecule has 1 aromatic rings. The van der Waals surface area contributed by atoms with Crippen LogP contribution >= 0.6 is 0 Å². The fourth-order valence-electron chi connectivity index (χ4n) is 2.15. The highest BCUT2D eigenvalue weighted by molar-refractivity contribution is 5.81. The third kappa shape index (κ3) is 3.13. The van der Waals surface area contributed by atoms with Crippen LogP contribution in [0.3, 0.4) is 0 Å². The van der Waals surface area contributed by atoms with Gasteiger partial charge in [0.2, 0.25) is 5.91 Å². The van der Waals surface area contributed by atoms with Crippen LogP contribution in [0.25, 0.3) is 0 Å². The summed E-state index contributed by atoms with van der Waals surface area (Å²) in [7, 11) is 0. The van der Waals surface area contributed by atoms with Gasteiger partial charge in [-0.1, -0.05) is 25.1 Å². The zero-order chi connectivity index (χ0) is 14.7. The van der Waals surface area contributed by atoms with Gasteiger partial charge in [0.25, 0.3) is 0 Å². The third-order valence-corrected chi connectivity index (χ3v) is 3.60. The summed E-state index contributed by atoms with van der Waals surface area (Å²) in [6, 6.07) is 6.08. The molecular weight excluding hydrogens is 260 g/mol. The maximum Gasteiger partial charge on any atom is 0.228 e. The molecule has 0 radical (unpaired) electrons. The molecule has 0 spiro atoms. The lowest BCUT2D eigenvalue weighted by Crippen LogP contribution is -2.28. The maximum absolute atomic E-state index is 13.8. The Balaban J connectivity index is 2.11. The van der Waals surface area contributed by atoms with Gasteiger partial charge in [-0.3, -0.25) is 4.79 Å². The molecule has 0 fully saturated rings. The van der Waals surface area contributed by atoms with Crippen molar-refractivity contribution < 1.29 is 13.6 Å². The number of benzene rings is 1. The number of hydrogen-bond acceptors (Lipinski definition) is 1. The molecule has 0 heterocycles. The molecule has 2 nitrogen and oxygen atoms in total. The van der Waals surface area contributed by atoms with Crippen molar-refractivity contribution in [2.24, 2.45) is 5.92 Å². The number of halogens is 2. The minimum atomic E-state index is -0.429. The van der Waals surface area contributed by atoms with Crippen LogP contribution in [-0.4, -0.2) is 5.91 Å². The van der Waals surface area contributed by atoms with Crippen molar-refractivity contribution in [2.75, 3.05) is 0 Å². The summed E-state index contributed by atoms with van der Waals surface area (Å²) >= 11 is 0. The molecule has 0 saturated heterocycles. The lowest BCUT2D eigenvalue weighted by atomic mass is 9.92. The first-order chi connectivity index (χ1) is 9.49. The Hall–Kier alpha value is -1.97. The van der Waals surface area contributed by atoms with Crippen LogP contribution in [0.15, 0.2) is 47.4 Å². The molecule has 0 aromatic heterocycles. The van der Waals surface area contributed by atoms with Crippen molar-refractivity contribution in [2.45, 2.75) is 26.7 Å². The molecule has 20 heavy (non-hydrogen) atoms. The first kappa shape index (κ1) is 14.4. The summed E-state index contributed by atoms with van der Waals surface area (Å²) in [5.41, 5.74) is 1.34. The van der Waals surface area contributed by atoms with Crippen LogP contribution in [-0.2, 0) is 11.2 Å². The van der Waals surface area contributed by atoms with Gasteiger partial charge in [-0.05, 0) is 42.5 Å². The van der Waals surface area contributed by atoms with Gasteiger partial charge in [0.05, 0.1) is 12.1 Å². The van der Waals surface area contributed by atoms with Gasteiger partial charge in [-0.15, -0.1) is 0 Å². The lowest BCUT2D eigenvalue weighted by molar-refractivity contribution is -0.119. The number of allylic oxidation sites excluding steroid dienone is 3. The number of amides is 1. The van der Waals surface area contributed by atoms with Crippen LogP contribution in [0.4, 0.5) is 8.78 Å². The average Bonchev–Trinajstić information content (AvgIpc) is 2.42. The molecule has 1 N–H and O–H groups in total. The van der Waals surface area contributed by atoms with E-state index in [1.54, 1.807) is 25.1 Å². The highest BCUT2D eigenvalue weighted by Gasteiger charge is 2.20. The third-order valence-electron chi connectivity index (χ3n) is 3.60. The normalized spacial score (nSPS) is 18.8. The van der Waals surface area contributed by atoms with E-state index in [2.05, 4.69) is 5.32 Å². The minimum Gasteiger partial charge on any atom is -0.323 e. The van der Waals surface area contributed by atoms with E-state index in [-0.39, 0.29) is 18.0 Å². The average molecular weight is 277 g/mol. The summed E-state index contributed by atoms with van der Waals surface area (Å²) in [6.45, 7) is 3.78. The standard InChI is InChI=1S/C16H17F2NO/c1-10-7-8-14(18)16(11(10)2)19-15(20)9-12-5-3-4-6-13(12)17/h3-6,8,10H,7,9H2,1-2H3,(H,19,20)/t10-/m1/s1. The smallest absolute Gasteiger partial charge is 0.228 e. The van der Waals surface area contributed by atoms with Crippen LogP contribution in [0.5, 0.6) is 0 Å². The Morgan fingerprint density at radius 3 is 2.75 bits per heavy atom. The van der Waals surface area contributed by atoms with Crippen LogP contribution in [0, 0.1) is 11.7 Å². The van der Waals surface area contributed by atoms with Crippen LogP contribution in [0.2, 0.25) is 0 Å². The highest BCUT2D eigenvalue weighted by atomic mass is 19.1. The van der Waals surface area contributed by atoms with E-state index in [0.717, 1.165) is 5.57 Å². The Kier molecular flexibility index (Phi) is 4.32. The number of hydrogen-bond donors (Lipinski definition) is 1. The molecule has 0 saturated carbocycles. The molecular formula is C16H17F2NO. The molecule has 1 aliphatic rings. The quantitative estimate of drug-likeness (QED) is 0.897.